The number of hydrogen-bond donors (Lipinski definition) is 2. The number of carbonyl (C=O) groups is 2. The Hall–Kier alpha value is -2.23. The topological polar surface area (TPSA) is 102 Å². The van der Waals surface area contributed by atoms with Gasteiger partial charge in [-0.15, -0.1) is 11.8 Å². The lowest BCUT2D eigenvalue weighted by Gasteiger charge is -2.11. The fraction of sp³-hybridized carbons (Fsp3) is 0.222. The molecule has 7 nitrogen and oxygen atoms in total. The van der Waals surface area contributed by atoms with Gasteiger partial charge in [0.2, 0.25) is 5.91 Å². The average Bonchev–Trinajstić information content (AvgIpc) is 2.67. The quantitative estimate of drug-likeness (QED) is 0.456. The Labute approximate surface area is 172 Å². The molecule has 28 heavy (non-hydrogen) atoms. The fourth-order valence-electron chi connectivity index (χ4n) is 2.09. The van der Waals surface area contributed by atoms with E-state index >= 15 is 0 Å². The van der Waals surface area contributed by atoms with Crippen molar-refractivity contribution >= 4 is 56.6 Å². The molecule has 0 aromatic heterocycles. The number of sulfonamides is 1. The van der Waals surface area contributed by atoms with Crippen LogP contribution < -0.4 is 10.0 Å². The van der Waals surface area contributed by atoms with Crippen LogP contribution in [-0.2, 0) is 24.3 Å². The summed E-state index contributed by atoms with van der Waals surface area (Å²) in [6, 6.07) is 12.4. The van der Waals surface area contributed by atoms with Gasteiger partial charge in [0.15, 0.2) is 0 Å². The molecule has 1 amide bonds. The van der Waals surface area contributed by atoms with Crippen molar-refractivity contribution in [1.82, 2.24) is 0 Å². The predicted octanol–water partition coefficient (Wildman–Crippen LogP) is 3.38. The Morgan fingerprint density at radius 3 is 2.61 bits per heavy atom. The molecule has 2 aromatic carbocycles. The molecule has 0 aliphatic carbocycles. The molecule has 0 saturated carbocycles. The molecule has 0 saturated heterocycles. The first-order chi connectivity index (χ1) is 13.3. The standard InChI is InChI=1S/C18H19ClN2O5S2/c1-26-18(23)12-27-10-9-17(22)20-13-5-4-6-14(11-13)28(24,25)21-16-8-3-2-7-15(16)19/h2-8,11,21H,9-10,12H2,1H3,(H,20,22). The lowest BCUT2D eigenvalue weighted by Crippen LogP contribution is -2.15. The van der Waals surface area contributed by atoms with E-state index in [1.165, 1.54) is 37.1 Å². The zero-order chi connectivity index (χ0) is 20.6. The van der Waals surface area contributed by atoms with Crippen molar-refractivity contribution in [3.63, 3.8) is 0 Å². The van der Waals surface area contributed by atoms with Crippen LogP contribution in [0.5, 0.6) is 0 Å². The fourth-order valence-corrected chi connectivity index (χ4v) is 4.21. The summed E-state index contributed by atoms with van der Waals surface area (Å²) in [6.45, 7) is 0. The van der Waals surface area contributed by atoms with E-state index in [9.17, 15) is 18.0 Å². The number of thioether (sulfide) groups is 1. The Bertz CT molecular complexity index is 950. The molecule has 0 atom stereocenters. The number of methoxy groups -OCH3 is 1. The monoisotopic (exact) mass is 442 g/mol. The van der Waals surface area contributed by atoms with Crippen LogP contribution in [0.1, 0.15) is 6.42 Å². The van der Waals surface area contributed by atoms with E-state index in [1.807, 2.05) is 0 Å². The third kappa shape index (κ3) is 6.74. The number of anilines is 2. The van der Waals surface area contributed by atoms with Gasteiger partial charge < -0.3 is 10.1 Å². The maximum atomic E-state index is 12.6. The number of hydrogen-bond acceptors (Lipinski definition) is 6. The molecule has 0 heterocycles. The maximum Gasteiger partial charge on any atom is 0.315 e. The highest BCUT2D eigenvalue weighted by Crippen LogP contribution is 2.25. The summed E-state index contributed by atoms with van der Waals surface area (Å²) < 4.78 is 32.1. The second kappa shape index (κ2) is 10.4. The first-order valence-corrected chi connectivity index (χ1v) is 11.2. The third-order valence-corrected chi connectivity index (χ3v) is 6.09. The summed E-state index contributed by atoms with van der Waals surface area (Å²) in [7, 11) is -2.57. The summed E-state index contributed by atoms with van der Waals surface area (Å²) >= 11 is 7.27. The number of benzene rings is 2. The van der Waals surface area contributed by atoms with E-state index in [0.717, 1.165) is 0 Å². The zero-order valence-electron chi connectivity index (χ0n) is 15.0. The second-order valence-corrected chi connectivity index (χ2v) is 8.73. The highest BCUT2D eigenvalue weighted by Gasteiger charge is 2.16. The number of ether oxygens (including phenoxy) is 1. The van der Waals surface area contributed by atoms with Gasteiger partial charge in [0, 0.05) is 17.9 Å². The average molecular weight is 443 g/mol. The van der Waals surface area contributed by atoms with Crippen LogP contribution in [0.2, 0.25) is 5.02 Å². The smallest absolute Gasteiger partial charge is 0.315 e. The third-order valence-electron chi connectivity index (χ3n) is 3.47. The zero-order valence-corrected chi connectivity index (χ0v) is 17.4. The van der Waals surface area contributed by atoms with Gasteiger partial charge in [-0.2, -0.15) is 0 Å². The first kappa shape index (κ1) is 22.1. The molecule has 0 aliphatic heterocycles. The van der Waals surface area contributed by atoms with E-state index in [1.54, 1.807) is 30.3 Å². The molecule has 10 heteroatoms. The van der Waals surface area contributed by atoms with Crippen LogP contribution in [-0.4, -0.2) is 38.9 Å². The van der Waals surface area contributed by atoms with Crippen molar-refractivity contribution in [2.45, 2.75) is 11.3 Å². The van der Waals surface area contributed by atoms with Crippen LogP contribution >= 0.6 is 23.4 Å². The van der Waals surface area contributed by atoms with Crippen LogP contribution in [0.25, 0.3) is 0 Å². The lowest BCUT2D eigenvalue weighted by molar-refractivity contribution is -0.137. The van der Waals surface area contributed by atoms with Gasteiger partial charge in [0.25, 0.3) is 10.0 Å². The van der Waals surface area contributed by atoms with Gasteiger partial charge in [-0.1, -0.05) is 29.8 Å². The normalized spacial score (nSPS) is 10.9. The van der Waals surface area contributed by atoms with Crippen molar-refractivity contribution in [3.05, 3.63) is 53.6 Å². The molecule has 0 radical (unpaired) electrons. The Morgan fingerprint density at radius 1 is 1.14 bits per heavy atom. The number of esters is 1. The largest absolute Gasteiger partial charge is 0.468 e. The molecule has 2 aromatic rings. The summed E-state index contributed by atoms with van der Waals surface area (Å²) in [6.07, 6.45) is 0.177. The van der Waals surface area contributed by atoms with Crippen LogP contribution in [0, 0.1) is 0 Å². The van der Waals surface area contributed by atoms with Gasteiger partial charge in [0.05, 0.1) is 28.5 Å². The van der Waals surface area contributed by atoms with Gasteiger partial charge >= 0.3 is 5.97 Å². The maximum absolute atomic E-state index is 12.6. The summed E-state index contributed by atoms with van der Waals surface area (Å²) in [5.41, 5.74) is 0.617. The minimum Gasteiger partial charge on any atom is -0.468 e. The molecular formula is C18H19ClN2O5S2. The summed E-state index contributed by atoms with van der Waals surface area (Å²) in [5.74, 6) is -0.0293. The molecule has 0 aliphatic rings. The molecule has 0 fully saturated rings. The summed E-state index contributed by atoms with van der Waals surface area (Å²) in [4.78, 5) is 23.0. The minimum absolute atomic E-state index is 0.00899. The van der Waals surface area contributed by atoms with Gasteiger partial charge in [-0.05, 0) is 30.3 Å². The number of amides is 1. The number of rotatable bonds is 9. The van der Waals surface area contributed by atoms with E-state index < -0.39 is 10.0 Å². The SMILES string of the molecule is COC(=O)CSCCC(=O)Nc1cccc(S(=O)(=O)Nc2ccccc2Cl)c1. The number of halogens is 1. The minimum atomic E-state index is -3.87. The summed E-state index contributed by atoms with van der Waals surface area (Å²) in [5, 5.41) is 2.92. The molecule has 0 unspecified atom stereocenters. The van der Waals surface area contributed by atoms with Crippen molar-refractivity contribution in [2.75, 3.05) is 28.7 Å². The molecule has 0 bridgehead atoms. The molecule has 2 N–H and O–H groups in total. The molecule has 150 valence electrons. The molecule has 0 spiro atoms. The second-order valence-electron chi connectivity index (χ2n) is 5.54. The van der Waals surface area contributed by atoms with Gasteiger partial charge in [0.1, 0.15) is 0 Å². The van der Waals surface area contributed by atoms with E-state index in [0.29, 0.717) is 11.4 Å². The van der Waals surface area contributed by atoms with E-state index in [2.05, 4.69) is 14.8 Å². The van der Waals surface area contributed by atoms with Crippen LogP contribution in [0.4, 0.5) is 11.4 Å². The van der Waals surface area contributed by atoms with Crippen molar-refractivity contribution in [3.8, 4) is 0 Å². The van der Waals surface area contributed by atoms with Crippen LogP contribution in [0.3, 0.4) is 0 Å². The van der Waals surface area contributed by atoms with Crippen LogP contribution in [0.15, 0.2) is 53.4 Å². The van der Waals surface area contributed by atoms with Gasteiger partial charge in [-0.25, -0.2) is 8.42 Å². The number of nitrogens with one attached hydrogen (secondary N) is 2. The Kier molecular flexibility index (Phi) is 8.16. The number of para-hydroxylation sites is 1. The number of carbonyl (C=O) groups excluding carboxylic acids is 2. The Balaban J connectivity index is 1.98. The predicted molar refractivity (Wildman–Crippen MR) is 111 cm³/mol. The lowest BCUT2D eigenvalue weighted by atomic mass is 10.3. The van der Waals surface area contributed by atoms with E-state index in [4.69, 9.17) is 11.6 Å². The highest BCUT2D eigenvalue weighted by atomic mass is 35.5. The molecular weight excluding hydrogens is 424 g/mol. The Morgan fingerprint density at radius 2 is 1.89 bits per heavy atom. The van der Waals surface area contributed by atoms with Crippen molar-refractivity contribution in [1.29, 1.82) is 0 Å². The highest BCUT2D eigenvalue weighted by molar-refractivity contribution is 7.99. The van der Waals surface area contributed by atoms with E-state index in [-0.39, 0.29) is 39.7 Å². The van der Waals surface area contributed by atoms with Crippen molar-refractivity contribution in [2.24, 2.45) is 0 Å². The molecule has 2 rings (SSSR count). The van der Waals surface area contributed by atoms with Gasteiger partial charge in [-0.3, -0.25) is 14.3 Å². The first-order valence-electron chi connectivity index (χ1n) is 8.13. The van der Waals surface area contributed by atoms with Crippen molar-refractivity contribution < 1.29 is 22.7 Å².